The Hall–Kier alpha value is -0.941. The number of rotatable bonds is 3. The second-order valence-corrected chi connectivity index (χ2v) is 6.33. The van der Waals surface area contributed by atoms with Crippen LogP contribution in [0.3, 0.4) is 0 Å². The van der Waals surface area contributed by atoms with E-state index in [4.69, 9.17) is 23.2 Å². The Morgan fingerprint density at radius 3 is 2.48 bits per heavy atom. The molecule has 0 fully saturated rings. The fourth-order valence-corrected chi connectivity index (χ4v) is 1.86. The molecule has 0 aliphatic rings. The quantitative estimate of drug-likeness (QED) is 0.405. The maximum atomic E-state index is 11.8. The van der Waals surface area contributed by atoms with Gasteiger partial charge in [0.1, 0.15) is 5.75 Å². The number of benzene rings is 2. The summed E-state index contributed by atoms with van der Waals surface area (Å²) in [6.45, 7) is 0. The predicted octanol–water partition coefficient (Wildman–Crippen LogP) is 4.84. The van der Waals surface area contributed by atoms with Crippen molar-refractivity contribution in [3.63, 3.8) is 0 Å². The topological polar surface area (TPSA) is 61.7 Å². The van der Waals surface area contributed by atoms with Crippen LogP contribution in [0, 0.1) is 0 Å². The van der Waals surface area contributed by atoms with Gasteiger partial charge in [-0.2, -0.15) is 5.10 Å². The van der Waals surface area contributed by atoms with E-state index < -0.39 is 5.91 Å². The van der Waals surface area contributed by atoms with Gasteiger partial charge in [0.2, 0.25) is 0 Å². The molecule has 0 aliphatic carbocycles. The van der Waals surface area contributed by atoms with Gasteiger partial charge in [0.15, 0.2) is 0 Å². The summed E-state index contributed by atoms with van der Waals surface area (Å²) in [7, 11) is 9.34. The van der Waals surface area contributed by atoms with E-state index in [1.54, 1.807) is 36.4 Å². The van der Waals surface area contributed by atoms with Crippen LogP contribution in [-0.4, -0.2) is 17.2 Å². The number of nitrogens with zero attached hydrogens (tertiary/aromatic N) is 1. The minimum atomic E-state index is -0.398. The average Bonchev–Trinajstić information content (AvgIpc) is 2.52. The van der Waals surface area contributed by atoms with Crippen LogP contribution in [0.15, 0.2) is 47.6 Å². The molecule has 0 bridgehead atoms. The van der Waals surface area contributed by atoms with Gasteiger partial charge in [-0.15, -0.1) is 0 Å². The van der Waals surface area contributed by atoms with Gasteiger partial charge < -0.3 is 5.11 Å². The summed E-state index contributed by atoms with van der Waals surface area (Å²) >= 11 is 12.3. The SMILES string of the molecule is O=C(N/N=C/c1cccc(Cl)c1O)c1cccc(Cl)c1.[Cl][Cu][Cl]. The van der Waals surface area contributed by atoms with Crippen molar-refractivity contribution in [2.45, 2.75) is 0 Å². The number of hydrazone groups is 1. The monoisotopic (exact) mass is 441 g/mol. The van der Waals surface area contributed by atoms with Crippen LogP contribution in [0.4, 0.5) is 0 Å². The minimum absolute atomic E-state index is 0.0880. The van der Waals surface area contributed by atoms with E-state index >= 15 is 0 Å². The maximum absolute atomic E-state index is 11.8. The van der Waals surface area contributed by atoms with E-state index in [1.807, 2.05) is 0 Å². The number of phenols is 1. The van der Waals surface area contributed by atoms with E-state index in [-0.39, 0.29) is 10.8 Å². The number of nitrogens with one attached hydrogen (secondary N) is 1. The summed E-state index contributed by atoms with van der Waals surface area (Å²) in [5.74, 6) is -0.486. The molecular weight excluding hydrogens is 434 g/mol. The van der Waals surface area contributed by atoms with Crippen LogP contribution in [0.25, 0.3) is 0 Å². The molecule has 0 spiro atoms. The van der Waals surface area contributed by atoms with E-state index in [0.29, 0.717) is 16.1 Å². The summed E-state index contributed by atoms with van der Waals surface area (Å²) < 4.78 is 0. The standard InChI is InChI=1S/C14H10Cl2N2O2.2ClH.Cu/c15-11-5-1-3-9(7-11)14(20)18-17-8-10-4-2-6-12(16)13(10)19;;;/h1-8,19H,(H,18,20);2*1H;/q;;;+2/p-2/b17-8+;;;. The van der Waals surface area contributed by atoms with Crippen LogP contribution < -0.4 is 5.43 Å². The van der Waals surface area contributed by atoms with Crippen LogP contribution in [0.2, 0.25) is 10.0 Å². The van der Waals surface area contributed by atoms with E-state index in [0.717, 1.165) is 13.1 Å². The summed E-state index contributed by atoms with van der Waals surface area (Å²) in [5, 5.41) is 14.1. The van der Waals surface area contributed by atoms with Gasteiger partial charge in [-0.05, 0) is 30.3 Å². The Labute approximate surface area is 158 Å². The molecule has 2 aromatic rings. The molecule has 2 N–H and O–H groups in total. The number of halogens is 4. The first kappa shape index (κ1) is 20.1. The van der Waals surface area contributed by atoms with E-state index in [2.05, 4.69) is 30.7 Å². The van der Waals surface area contributed by atoms with Crippen molar-refractivity contribution in [3.8, 4) is 5.75 Å². The number of amides is 1. The Kier molecular flexibility index (Phi) is 9.41. The second kappa shape index (κ2) is 10.8. The van der Waals surface area contributed by atoms with Crippen LogP contribution in [-0.2, 0) is 13.1 Å². The normalized spacial score (nSPS) is 10.3. The molecule has 0 saturated heterocycles. The van der Waals surface area contributed by atoms with Crippen molar-refractivity contribution in [1.29, 1.82) is 0 Å². The van der Waals surface area contributed by atoms with E-state index in [1.165, 1.54) is 12.3 Å². The molecule has 2 rings (SSSR count). The average molecular weight is 444 g/mol. The second-order valence-electron chi connectivity index (χ2n) is 3.93. The van der Waals surface area contributed by atoms with Crippen molar-refractivity contribution in [1.82, 2.24) is 5.43 Å². The van der Waals surface area contributed by atoms with Gasteiger partial charge >= 0.3 is 33.3 Å². The number of carbonyl (C=O) groups excluding carboxylic acids is 1. The molecule has 2 aromatic carbocycles. The van der Waals surface area contributed by atoms with E-state index in [9.17, 15) is 9.90 Å². The first-order chi connectivity index (χ1) is 11.0. The third kappa shape index (κ3) is 7.00. The summed E-state index contributed by atoms with van der Waals surface area (Å²) in [6, 6.07) is 11.3. The molecule has 0 aliphatic heterocycles. The zero-order chi connectivity index (χ0) is 17.2. The van der Waals surface area contributed by atoms with Gasteiger partial charge in [-0.3, -0.25) is 4.79 Å². The predicted molar refractivity (Wildman–Crippen MR) is 91.3 cm³/mol. The Balaban J connectivity index is 0.000000816. The molecule has 127 valence electrons. The zero-order valence-electron chi connectivity index (χ0n) is 11.2. The van der Waals surface area contributed by atoms with Crippen molar-refractivity contribution in [2.75, 3.05) is 0 Å². The number of phenolic OH excluding ortho intramolecular Hbond substituents is 1. The van der Waals surface area contributed by atoms with Gasteiger partial charge in [0.25, 0.3) is 5.91 Å². The molecule has 0 atom stereocenters. The van der Waals surface area contributed by atoms with Crippen molar-refractivity contribution >= 4 is 55.5 Å². The van der Waals surface area contributed by atoms with Crippen LogP contribution in [0.5, 0.6) is 5.75 Å². The molecular formula is C14H10Cl4CuN2O2. The van der Waals surface area contributed by atoms with Crippen molar-refractivity contribution in [2.24, 2.45) is 5.10 Å². The summed E-state index contributed by atoms with van der Waals surface area (Å²) in [4.78, 5) is 11.8. The van der Waals surface area contributed by atoms with Gasteiger partial charge in [-0.1, -0.05) is 35.3 Å². The molecule has 1 amide bonds. The Morgan fingerprint density at radius 2 is 1.83 bits per heavy atom. The molecule has 23 heavy (non-hydrogen) atoms. The third-order valence-electron chi connectivity index (χ3n) is 2.47. The first-order valence-electron chi connectivity index (χ1n) is 5.87. The molecule has 0 unspecified atom stereocenters. The molecule has 4 nitrogen and oxygen atoms in total. The molecule has 0 radical (unpaired) electrons. The van der Waals surface area contributed by atoms with Crippen molar-refractivity contribution in [3.05, 3.63) is 63.6 Å². The molecule has 0 heterocycles. The van der Waals surface area contributed by atoms with Gasteiger partial charge in [-0.25, -0.2) is 5.43 Å². The van der Waals surface area contributed by atoms with Gasteiger partial charge in [0.05, 0.1) is 11.2 Å². The number of aromatic hydroxyl groups is 1. The Morgan fingerprint density at radius 1 is 1.17 bits per heavy atom. The number of carbonyl (C=O) groups is 1. The number of hydrogen-bond donors (Lipinski definition) is 2. The molecule has 0 aromatic heterocycles. The first-order valence-corrected chi connectivity index (χ1v) is 9.22. The Bertz CT molecular complexity index is 698. The third-order valence-corrected chi connectivity index (χ3v) is 3.01. The summed E-state index contributed by atoms with van der Waals surface area (Å²) in [6.07, 6.45) is 1.31. The van der Waals surface area contributed by atoms with Crippen molar-refractivity contribution < 1.29 is 23.0 Å². The summed E-state index contributed by atoms with van der Waals surface area (Å²) in [5.41, 5.74) is 3.14. The van der Waals surface area contributed by atoms with Crippen LogP contribution in [0.1, 0.15) is 15.9 Å². The zero-order valence-corrected chi connectivity index (χ0v) is 15.2. The van der Waals surface area contributed by atoms with Gasteiger partial charge in [0, 0.05) is 16.1 Å². The van der Waals surface area contributed by atoms with Crippen LogP contribution >= 0.6 is 43.4 Å². The fraction of sp³-hybridized carbons (Fsp3) is 0. The molecule has 0 saturated carbocycles. The fourth-order valence-electron chi connectivity index (χ4n) is 1.49. The number of para-hydroxylation sites is 1. The molecule has 9 heteroatoms. The number of hydrogen-bond acceptors (Lipinski definition) is 3.